The summed E-state index contributed by atoms with van der Waals surface area (Å²) in [5.41, 5.74) is 3.42. The van der Waals surface area contributed by atoms with Crippen molar-refractivity contribution in [3.05, 3.63) is 57.5 Å². The predicted molar refractivity (Wildman–Crippen MR) is 112 cm³/mol. The predicted octanol–water partition coefficient (Wildman–Crippen LogP) is 3.80. The molecule has 0 saturated heterocycles. The second kappa shape index (κ2) is 9.33. The van der Waals surface area contributed by atoms with E-state index in [-0.39, 0.29) is 14.5 Å². The molecule has 0 aliphatic carbocycles. The molecule has 1 heterocycles. The summed E-state index contributed by atoms with van der Waals surface area (Å²) in [6, 6.07) is 13.5. The van der Waals surface area contributed by atoms with Crippen molar-refractivity contribution >= 4 is 20.1 Å². The van der Waals surface area contributed by atoms with Crippen LogP contribution in [0.15, 0.2) is 47.4 Å². The number of ether oxygens (including phenoxy) is 4. The molecule has 3 aromatic rings. The topological polar surface area (TPSA) is 73.6 Å². The minimum absolute atomic E-state index is 0.0155. The Bertz CT molecular complexity index is 1040. The van der Waals surface area contributed by atoms with E-state index < -0.39 is 0 Å². The Labute approximate surface area is 175 Å². The number of hydrogen-bond donors (Lipinski definition) is 0. The van der Waals surface area contributed by atoms with Crippen molar-refractivity contribution in [3.63, 3.8) is 0 Å². The van der Waals surface area contributed by atoms with E-state index in [0.29, 0.717) is 17.2 Å². The molecule has 29 heavy (non-hydrogen) atoms. The van der Waals surface area contributed by atoms with Gasteiger partial charge in [0.2, 0.25) is 0 Å². The van der Waals surface area contributed by atoms with Crippen molar-refractivity contribution < 1.29 is 18.9 Å². The molecule has 7 heteroatoms. The molecule has 148 valence electrons. The third-order valence-corrected chi connectivity index (χ3v) is 6.14. The summed E-state index contributed by atoms with van der Waals surface area (Å²) in [5, 5.41) is 9.36. The Hall–Kier alpha value is -3.20. The first kappa shape index (κ1) is 20.5. The SMILES string of the molecule is COc1ccc(-c2c[se]c(/C(=C/C#N)c3cc(OC)c(OC)c(OC)c3)n2)cc1. The van der Waals surface area contributed by atoms with Gasteiger partial charge in [0.1, 0.15) is 0 Å². The van der Waals surface area contributed by atoms with Crippen LogP contribution in [-0.4, -0.2) is 47.9 Å². The van der Waals surface area contributed by atoms with Gasteiger partial charge in [-0.2, -0.15) is 0 Å². The second-order valence-corrected chi connectivity index (χ2v) is 7.67. The van der Waals surface area contributed by atoms with Gasteiger partial charge < -0.3 is 0 Å². The average Bonchev–Trinajstić information content (AvgIpc) is 3.26. The summed E-state index contributed by atoms with van der Waals surface area (Å²) in [5.74, 6) is 2.36. The molecule has 0 aliphatic rings. The zero-order valence-corrected chi connectivity index (χ0v) is 18.3. The summed E-state index contributed by atoms with van der Waals surface area (Å²) in [7, 11) is 6.32. The van der Waals surface area contributed by atoms with E-state index in [0.717, 1.165) is 32.7 Å². The normalized spacial score (nSPS) is 10.9. The Kier molecular flexibility index (Phi) is 6.61. The van der Waals surface area contributed by atoms with Gasteiger partial charge in [0.25, 0.3) is 0 Å². The third-order valence-electron chi connectivity index (χ3n) is 4.30. The van der Waals surface area contributed by atoms with Crippen LogP contribution >= 0.6 is 0 Å². The van der Waals surface area contributed by atoms with Gasteiger partial charge in [-0.05, 0) is 0 Å². The van der Waals surface area contributed by atoms with Gasteiger partial charge in [-0.1, -0.05) is 0 Å². The number of rotatable bonds is 7. The van der Waals surface area contributed by atoms with Crippen LogP contribution in [0.4, 0.5) is 0 Å². The Morgan fingerprint density at radius 1 is 0.966 bits per heavy atom. The molecule has 0 spiro atoms. The average molecular weight is 455 g/mol. The molecule has 6 nitrogen and oxygen atoms in total. The molecule has 0 atom stereocenters. The Morgan fingerprint density at radius 2 is 1.62 bits per heavy atom. The molecule has 0 aliphatic heterocycles. The fraction of sp³-hybridized carbons (Fsp3) is 0.182. The molecule has 0 N–H and O–H groups in total. The van der Waals surface area contributed by atoms with Gasteiger partial charge >= 0.3 is 176 Å². The molecule has 3 rings (SSSR count). The fourth-order valence-corrected chi connectivity index (χ4v) is 4.68. The summed E-state index contributed by atoms with van der Waals surface area (Å²) < 4.78 is 22.4. The first-order valence-corrected chi connectivity index (χ1v) is 10.5. The van der Waals surface area contributed by atoms with Crippen molar-refractivity contribution in [1.29, 1.82) is 5.26 Å². The van der Waals surface area contributed by atoms with Gasteiger partial charge in [-0.25, -0.2) is 0 Å². The van der Waals surface area contributed by atoms with Crippen LogP contribution in [0, 0.1) is 11.3 Å². The van der Waals surface area contributed by atoms with Gasteiger partial charge in [0.15, 0.2) is 0 Å². The van der Waals surface area contributed by atoms with Crippen molar-refractivity contribution in [1.82, 2.24) is 4.98 Å². The molecular weight excluding hydrogens is 435 g/mol. The van der Waals surface area contributed by atoms with Crippen LogP contribution in [0.3, 0.4) is 0 Å². The van der Waals surface area contributed by atoms with Crippen LogP contribution in [0.1, 0.15) is 10.1 Å². The summed E-state index contributed by atoms with van der Waals surface area (Å²) in [6.07, 6.45) is 1.51. The van der Waals surface area contributed by atoms with Crippen LogP contribution in [-0.2, 0) is 0 Å². The maximum atomic E-state index is 9.36. The van der Waals surface area contributed by atoms with E-state index in [4.69, 9.17) is 23.9 Å². The summed E-state index contributed by atoms with van der Waals surface area (Å²) >= 11 is -0.0155. The van der Waals surface area contributed by atoms with Crippen molar-refractivity contribution in [2.75, 3.05) is 28.4 Å². The van der Waals surface area contributed by atoms with Crippen molar-refractivity contribution in [2.45, 2.75) is 0 Å². The van der Waals surface area contributed by atoms with Crippen LogP contribution in [0.5, 0.6) is 23.0 Å². The monoisotopic (exact) mass is 456 g/mol. The third kappa shape index (κ3) is 4.29. The number of allylic oxidation sites excluding steroid dienone is 1. The summed E-state index contributed by atoms with van der Waals surface area (Å²) in [4.78, 5) is 6.90. The molecule has 1 aromatic heterocycles. The summed E-state index contributed by atoms with van der Waals surface area (Å²) in [6.45, 7) is 0. The number of nitriles is 1. The van der Waals surface area contributed by atoms with Crippen LogP contribution < -0.4 is 18.9 Å². The Morgan fingerprint density at radius 3 is 2.14 bits per heavy atom. The number of hydrogen-bond acceptors (Lipinski definition) is 6. The minimum atomic E-state index is -0.0155. The molecular formula is C22H20N2O4Se. The number of nitrogens with zero attached hydrogens (tertiary/aromatic N) is 2. The number of benzene rings is 2. The van der Waals surface area contributed by atoms with Crippen LogP contribution in [0.25, 0.3) is 16.8 Å². The zero-order chi connectivity index (χ0) is 20.8. The van der Waals surface area contributed by atoms with Gasteiger partial charge in [-0.15, -0.1) is 0 Å². The molecule has 0 fully saturated rings. The van der Waals surface area contributed by atoms with Crippen LogP contribution in [0.2, 0.25) is 0 Å². The number of aromatic nitrogens is 1. The molecule has 0 radical (unpaired) electrons. The first-order valence-electron chi connectivity index (χ1n) is 8.65. The standard InChI is InChI=1S/C22H20N2O4Se/c1-25-16-7-5-14(6-8-16)18-13-29-22(24-18)17(9-10-23)15-11-19(26-2)21(28-4)20(12-15)27-3/h5-9,11-13H,1-4H3/b17-9+. The van der Waals surface area contributed by atoms with Crippen molar-refractivity contribution in [3.8, 4) is 40.3 Å². The van der Waals surface area contributed by atoms with E-state index in [1.165, 1.54) is 6.08 Å². The molecule has 2 aromatic carbocycles. The first-order chi connectivity index (χ1) is 14.1. The quantitative estimate of drug-likeness (QED) is 0.399. The Balaban J connectivity index is 2.05. The molecule has 0 bridgehead atoms. The molecule has 0 amide bonds. The van der Waals surface area contributed by atoms with E-state index in [1.807, 2.05) is 36.4 Å². The van der Waals surface area contributed by atoms with Gasteiger partial charge in [0.05, 0.1) is 0 Å². The van der Waals surface area contributed by atoms with Gasteiger partial charge in [-0.3, -0.25) is 0 Å². The zero-order valence-electron chi connectivity index (χ0n) is 16.6. The number of methoxy groups -OCH3 is 4. The van der Waals surface area contributed by atoms with E-state index in [9.17, 15) is 5.26 Å². The molecule has 0 saturated carbocycles. The van der Waals surface area contributed by atoms with E-state index in [1.54, 1.807) is 28.4 Å². The van der Waals surface area contributed by atoms with E-state index in [2.05, 4.69) is 11.0 Å². The second-order valence-electron chi connectivity index (χ2n) is 5.87. The van der Waals surface area contributed by atoms with Gasteiger partial charge in [0, 0.05) is 0 Å². The maximum absolute atomic E-state index is 9.36. The fourth-order valence-electron chi connectivity index (χ4n) is 2.86. The molecule has 0 unspecified atom stereocenters. The van der Waals surface area contributed by atoms with E-state index >= 15 is 0 Å². The van der Waals surface area contributed by atoms with Crippen molar-refractivity contribution in [2.24, 2.45) is 0 Å².